The number of hydrogen-bond donors (Lipinski definition) is 0. The largest absolute Gasteiger partial charge is 0.208 e. The molecule has 9 aromatic carbocycles. The third-order valence-electron chi connectivity index (χ3n) is 12.4. The highest BCUT2D eigenvalue weighted by molar-refractivity contribution is 6.08. The van der Waals surface area contributed by atoms with E-state index in [-0.39, 0.29) is 0 Å². The van der Waals surface area contributed by atoms with Crippen molar-refractivity contribution in [1.29, 1.82) is 0 Å². The quantitative estimate of drug-likeness (QED) is 0.176. The van der Waals surface area contributed by atoms with Crippen LogP contribution in [0.2, 0.25) is 0 Å². The Labute approximate surface area is 343 Å². The Morgan fingerprint density at radius 3 is 1.22 bits per heavy atom. The fourth-order valence-electron chi connectivity index (χ4n) is 9.79. The van der Waals surface area contributed by atoms with Crippen LogP contribution < -0.4 is 0 Å². The SMILES string of the molecule is c1ccc(-c2ccc(-c3nc(-c4ccc(-c5ccccc5)cc4)nc(-c4cc5ccccc5c5c4-c4ccccc4C54c5ccccc5-c5ccccc54)n3)cc2)cc1. The zero-order chi connectivity index (χ0) is 38.9. The van der Waals surface area contributed by atoms with Crippen molar-refractivity contribution in [3.8, 4) is 78.7 Å². The van der Waals surface area contributed by atoms with Crippen molar-refractivity contribution in [1.82, 2.24) is 15.0 Å². The summed E-state index contributed by atoms with van der Waals surface area (Å²) in [5, 5.41) is 2.38. The number of rotatable bonds is 5. The first-order chi connectivity index (χ1) is 29.3. The second-order valence-electron chi connectivity index (χ2n) is 15.5. The monoisotopic (exact) mass is 749 g/mol. The zero-order valence-corrected chi connectivity index (χ0v) is 32.0. The molecule has 1 heterocycles. The molecule has 0 fully saturated rings. The number of benzene rings is 9. The van der Waals surface area contributed by atoms with Crippen LogP contribution in [0.25, 0.3) is 89.4 Å². The summed E-state index contributed by atoms with van der Waals surface area (Å²) in [5.41, 5.74) is 17.1. The van der Waals surface area contributed by atoms with Gasteiger partial charge in [-0.05, 0) is 83.6 Å². The highest BCUT2D eigenvalue weighted by Gasteiger charge is 2.53. The predicted octanol–water partition coefficient (Wildman–Crippen LogP) is 13.7. The van der Waals surface area contributed by atoms with E-state index in [4.69, 9.17) is 15.0 Å². The van der Waals surface area contributed by atoms with Crippen LogP contribution in [0.1, 0.15) is 22.3 Å². The van der Waals surface area contributed by atoms with Crippen molar-refractivity contribution < 1.29 is 0 Å². The lowest BCUT2D eigenvalue weighted by Crippen LogP contribution is -2.26. The molecule has 2 aliphatic carbocycles. The van der Waals surface area contributed by atoms with Gasteiger partial charge in [0.25, 0.3) is 0 Å². The Hall–Kier alpha value is -7.75. The van der Waals surface area contributed by atoms with E-state index in [1.54, 1.807) is 0 Å². The van der Waals surface area contributed by atoms with Gasteiger partial charge in [0.2, 0.25) is 0 Å². The van der Waals surface area contributed by atoms with Crippen molar-refractivity contribution in [3.05, 3.63) is 235 Å². The summed E-state index contributed by atoms with van der Waals surface area (Å²) in [4.78, 5) is 16.0. The van der Waals surface area contributed by atoms with Crippen molar-refractivity contribution in [2.45, 2.75) is 5.41 Å². The van der Waals surface area contributed by atoms with Gasteiger partial charge in [-0.2, -0.15) is 0 Å². The molecule has 0 unspecified atom stereocenters. The maximum atomic E-state index is 5.41. The van der Waals surface area contributed by atoms with Crippen molar-refractivity contribution in [3.63, 3.8) is 0 Å². The average Bonchev–Trinajstić information content (AvgIpc) is 3.80. The van der Waals surface area contributed by atoms with Crippen molar-refractivity contribution in [2.24, 2.45) is 0 Å². The first kappa shape index (κ1) is 33.4. The van der Waals surface area contributed by atoms with Crippen molar-refractivity contribution in [2.75, 3.05) is 0 Å². The van der Waals surface area contributed by atoms with Crippen LogP contribution in [-0.2, 0) is 5.41 Å². The van der Waals surface area contributed by atoms with Crippen molar-refractivity contribution >= 4 is 10.8 Å². The number of aromatic nitrogens is 3. The highest BCUT2D eigenvalue weighted by atomic mass is 15.0. The lowest BCUT2D eigenvalue weighted by atomic mass is 9.69. The summed E-state index contributed by atoms with van der Waals surface area (Å²) in [6.45, 7) is 0. The van der Waals surface area contributed by atoms with Crippen LogP contribution in [0.5, 0.6) is 0 Å². The van der Waals surface area contributed by atoms with E-state index < -0.39 is 5.41 Å². The van der Waals surface area contributed by atoms with Crippen LogP contribution in [0.15, 0.2) is 212 Å². The van der Waals surface area contributed by atoms with E-state index in [9.17, 15) is 0 Å². The summed E-state index contributed by atoms with van der Waals surface area (Å²) in [6.07, 6.45) is 0. The Morgan fingerprint density at radius 1 is 0.288 bits per heavy atom. The molecular weight excluding hydrogens is 715 g/mol. The molecule has 274 valence electrons. The molecule has 10 aromatic rings. The molecule has 1 aromatic heterocycles. The molecule has 2 aliphatic rings. The standard InChI is InChI=1S/C56H35N3/c1-3-15-36(16-4-1)38-27-31-40(32-28-38)53-57-54(41-33-29-39(30-34-41)37-17-5-2-6-18-37)59-55(58-53)47-35-42-19-7-8-20-43(42)52-51(47)46-23-11-14-26-50(46)56(52)48-24-12-9-21-44(48)45-22-10-13-25-49(45)56/h1-35H. The molecule has 12 rings (SSSR count). The summed E-state index contributed by atoms with van der Waals surface area (Å²) in [5.74, 6) is 1.92. The van der Waals surface area contributed by atoms with Gasteiger partial charge in [0.15, 0.2) is 17.5 Å². The van der Waals surface area contributed by atoms with Crippen LogP contribution in [-0.4, -0.2) is 15.0 Å². The van der Waals surface area contributed by atoms with Gasteiger partial charge in [-0.3, -0.25) is 0 Å². The van der Waals surface area contributed by atoms with E-state index in [0.717, 1.165) is 33.2 Å². The maximum absolute atomic E-state index is 5.41. The highest BCUT2D eigenvalue weighted by Crippen LogP contribution is 2.65. The minimum absolute atomic E-state index is 0.520. The molecule has 3 nitrogen and oxygen atoms in total. The second-order valence-corrected chi connectivity index (χ2v) is 15.5. The maximum Gasteiger partial charge on any atom is 0.164 e. The van der Waals surface area contributed by atoms with Crippen LogP contribution in [0, 0.1) is 0 Å². The number of fused-ring (bicyclic) bond motifs is 12. The van der Waals surface area contributed by atoms with Gasteiger partial charge in [0.1, 0.15) is 0 Å². The molecule has 0 atom stereocenters. The van der Waals surface area contributed by atoms with Gasteiger partial charge < -0.3 is 0 Å². The molecule has 0 bridgehead atoms. The van der Waals surface area contributed by atoms with Gasteiger partial charge in [-0.1, -0.05) is 206 Å². The Morgan fingerprint density at radius 2 is 0.678 bits per heavy atom. The smallest absolute Gasteiger partial charge is 0.164 e. The third-order valence-corrected chi connectivity index (χ3v) is 12.4. The van der Waals surface area contributed by atoms with E-state index in [0.29, 0.717) is 17.5 Å². The van der Waals surface area contributed by atoms with Crippen LogP contribution in [0.3, 0.4) is 0 Å². The van der Waals surface area contributed by atoms with Gasteiger partial charge >= 0.3 is 0 Å². The van der Waals surface area contributed by atoms with Gasteiger partial charge in [-0.25, -0.2) is 15.0 Å². The molecule has 1 spiro atoms. The molecule has 0 amide bonds. The Balaban J connectivity index is 1.13. The van der Waals surface area contributed by atoms with Gasteiger partial charge in [0, 0.05) is 16.7 Å². The minimum atomic E-state index is -0.520. The van der Waals surface area contributed by atoms with Crippen LogP contribution >= 0.6 is 0 Å². The Kier molecular flexibility index (Phi) is 7.45. The molecule has 0 saturated carbocycles. The summed E-state index contributed by atoms with van der Waals surface area (Å²) in [7, 11) is 0. The first-order valence-corrected chi connectivity index (χ1v) is 20.2. The normalized spacial score (nSPS) is 12.9. The van der Waals surface area contributed by atoms with Crippen LogP contribution in [0.4, 0.5) is 0 Å². The van der Waals surface area contributed by atoms with E-state index in [2.05, 4.69) is 200 Å². The molecule has 0 N–H and O–H groups in total. The van der Waals surface area contributed by atoms with Gasteiger partial charge in [-0.15, -0.1) is 0 Å². The number of hydrogen-bond acceptors (Lipinski definition) is 3. The van der Waals surface area contributed by atoms with Gasteiger partial charge in [0.05, 0.1) is 5.41 Å². The number of nitrogens with zero attached hydrogens (tertiary/aromatic N) is 3. The zero-order valence-electron chi connectivity index (χ0n) is 32.0. The first-order valence-electron chi connectivity index (χ1n) is 20.2. The summed E-state index contributed by atoms with van der Waals surface area (Å²) >= 11 is 0. The second kappa shape index (κ2) is 13.2. The van der Waals surface area contributed by atoms with E-state index >= 15 is 0 Å². The molecule has 0 radical (unpaired) electrons. The fourth-order valence-corrected chi connectivity index (χ4v) is 9.79. The summed E-state index contributed by atoms with van der Waals surface area (Å²) < 4.78 is 0. The van der Waals surface area contributed by atoms with E-state index in [1.807, 2.05) is 12.1 Å². The molecule has 59 heavy (non-hydrogen) atoms. The molecular formula is C56H35N3. The Bertz CT molecular complexity index is 3100. The third kappa shape index (κ3) is 5.05. The average molecular weight is 750 g/mol. The van der Waals surface area contributed by atoms with E-state index in [1.165, 1.54) is 61.0 Å². The fraction of sp³-hybridized carbons (Fsp3) is 0.0179. The predicted molar refractivity (Wildman–Crippen MR) is 241 cm³/mol. The summed E-state index contributed by atoms with van der Waals surface area (Å²) in [6, 6.07) is 76.2. The minimum Gasteiger partial charge on any atom is -0.208 e. The lowest BCUT2D eigenvalue weighted by Gasteiger charge is -2.31. The molecule has 0 saturated heterocycles. The molecule has 0 aliphatic heterocycles. The topological polar surface area (TPSA) is 38.7 Å². The lowest BCUT2D eigenvalue weighted by molar-refractivity contribution is 0.801. The molecule has 3 heteroatoms.